The minimum atomic E-state index is -1.40. The van der Waals surface area contributed by atoms with Crippen LogP contribution >= 0.6 is 0 Å². The van der Waals surface area contributed by atoms with Gasteiger partial charge in [-0.1, -0.05) is 0 Å². The molecule has 1 rings (SSSR count). The first-order valence-electron chi connectivity index (χ1n) is 4.58. The van der Waals surface area contributed by atoms with E-state index in [1.165, 1.54) is 20.3 Å². The number of rotatable bonds is 5. The lowest BCUT2D eigenvalue weighted by Gasteiger charge is -2.09. The maximum absolute atomic E-state index is 10.8. The van der Waals surface area contributed by atoms with Gasteiger partial charge in [0.1, 0.15) is 0 Å². The van der Waals surface area contributed by atoms with Crippen LogP contribution in [-0.4, -0.2) is 25.1 Å². The molecule has 91 valence electrons. The van der Waals surface area contributed by atoms with E-state index in [9.17, 15) is 20.0 Å². The Labute approximate surface area is 96.7 Å². The van der Waals surface area contributed by atoms with Crippen LogP contribution in [0.2, 0.25) is 0 Å². The summed E-state index contributed by atoms with van der Waals surface area (Å²) in [7, 11) is 2.69. The lowest BCUT2D eigenvalue weighted by atomic mass is 10.1. The first-order valence-corrected chi connectivity index (χ1v) is 4.58. The Kier molecular flexibility index (Phi) is 3.86. The van der Waals surface area contributed by atoms with E-state index in [0.717, 1.165) is 6.07 Å². The van der Waals surface area contributed by atoms with Crippen LogP contribution in [0.3, 0.4) is 0 Å². The van der Waals surface area contributed by atoms with Crippen molar-refractivity contribution < 1.29 is 24.3 Å². The van der Waals surface area contributed by atoms with Crippen molar-refractivity contribution in [2.24, 2.45) is 0 Å². The standard InChI is InChI=1S/C10H10NO6/c1-16-8-3-6(4-10(12)13)7(11(14)15)5-9(8)17-2/h3,5H,4H2,1-2H3. The number of hydrogen-bond acceptors (Lipinski definition) is 5. The maximum Gasteiger partial charge on any atom is 0.360 e. The molecule has 7 heteroatoms. The van der Waals surface area contributed by atoms with Crippen molar-refractivity contribution in [3.63, 3.8) is 0 Å². The second kappa shape index (κ2) is 5.15. The van der Waals surface area contributed by atoms with E-state index in [2.05, 4.69) is 0 Å². The largest absolute Gasteiger partial charge is 0.493 e. The molecule has 17 heavy (non-hydrogen) atoms. The van der Waals surface area contributed by atoms with Crippen LogP contribution in [0.4, 0.5) is 5.69 Å². The predicted molar refractivity (Wildman–Crippen MR) is 55.6 cm³/mol. The Balaban J connectivity index is 3.34. The van der Waals surface area contributed by atoms with Crippen molar-refractivity contribution in [1.29, 1.82) is 0 Å². The van der Waals surface area contributed by atoms with E-state index in [0.29, 0.717) is 0 Å². The molecule has 7 nitrogen and oxygen atoms in total. The van der Waals surface area contributed by atoms with Gasteiger partial charge in [0.15, 0.2) is 11.5 Å². The molecule has 0 aliphatic rings. The lowest BCUT2D eigenvalue weighted by Crippen LogP contribution is -2.04. The van der Waals surface area contributed by atoms with Gasteiger partial charge < -0.3 is 9.47 Å². The van der Waals surface area contributed by atoms with Crippen LogP contribution in [-0.2, 0) is 16.3 Å². The van der Waals surface area contributed by atoms with E-state index in [4.69, 9.17) is 9.47 Å². The zero-order valence-electron chi connectivity index (χ0n) is 9.26. The van der Waals surface area contributed by atoms with Crippen LogP contribution in [0.1, 0.15) is 5.56 Å². The first-order chi connectivity index (χ1) is 7.99. The summed E-state index contributed by atoms with van der Waals surface area (Å²) in [6, 6.07) is 2.38. The van der Waals surface area contributed by atoms with E-state index in [-0.39, 0.29) is 22.7 Å². The second-order valence-electron chi connectivity index (χ2n) is 3.14. The molecule has 0 aliphatic heterocycles. The molecule has 1 aromatic carbocycles. The monoisotopic (exact) mass is 240 g/mol. The summed E-state index contributed by atoms with van der Waals surface area (Å²) in [4.78, 5) is 20.6. The highest BCUT2D eigenvalue weighted by atomic mass is 16.6. The smallest absolute Gasteiger partial charge is 0.360 e. The van der Waals surface area contributed by atoms with Gasteiger partial charge in [-0.2, -0.15) is 0 Å². The Morgan fingerprint density at radius 2 is 1.82 bits per heavy atom. The molecular formula is C10H10NO6. The van der Waals surface area contributed by atoms with Crippen molar-refractivity contribution in [3.8, 4) is 11.5 Å². The highest BCUT2D eigenvalue weighted by molar-refractivity contribution is 5.72. The Morgan fingerprint density at radius 1 is 1.29 bits per heavy atom. The third-order valence-corrected chi connectivity index (χ3v) is 2.12. The molecule has 0 aliphatic carbocycles. The van der Waals surface area contributed by atoms with E-state index in [1.54, 1.807) is 0 Å². The van der Waals surface area contributed by atoms with Crippen molar-refractivity contribution in [1.82, 2.24) is 0 Å². The average molecular weight is 240 g/mol. The zero-order chi connectivity index (χ0) is 13.0. The maximum atomic E-state index is 10.8. The Bertz CT molecular complexity index is 456. The Hall–Kier alpha value is -2.31. The fraction of sp³-hybridized carbons (Fsp3) is 0.300. The molecule has 1 radical (unpaired) electrons. The predicted octanol–water partition coefficient (Wildman–Crippen LogP) is 1.11. The summed E-state index contributed by atoms with van der Waals surface area (Å²) >= 11 is 0. The van der Waals surface area contributed by atoms with Gasteiger partial charge in [-0.15, -0.1) is 0 Å². The van der Waals surface area contributed by atoms with E-state index < -0.39 is 17.3 Å². The number of methoxy groups -OCH3 is 2. The topological polar surface area (TPSA) is 98.6 Å². The van der Waals surface area contributed by atoms with Gasteiger partial charge in [0.05, 0.1) is 31.6 Å². The molecular weight excluding hydrogens is 230 g/mol. The van der Waals surface area contributed by atoms with Crippen LogP contribution < -0.4 is 9.47 Å². The highest BCUT2D eigenvalue weighted by Crippen LogP contribution is 2.34. The zero-order valence-corrected chi connectivity index (χ0v) is 9.26. The number of hydrogen-bond donors (Lipinski definition) is 0. The number of nitrogens with zero attached hydrogens (tertiary/aromatic N) is 1. The third kappa shape index (κ3) is 2.83. The Morgan fingerprint density at radius 3 is 2.24 bits per heavy atom. The normalized spacial score (nSPS) is 9.76. The fourth-order valence-electron chi connectivity index (χ4n) is 1.38. The van der Waals surface area contributed by atoms with Gasteiger partial charge in [0.25, 0.3) is 5.69 Å². The molecule has 0 saturated carbocycles. The van der Waals surface area contributed by atoms with Crippen molar-refractivity contribution in [2.75, 3.05) is 14.2 Å². The number of nitro benzene ring substituents is 1. The van der Waals surface area contributed by atoms with Crippen molar-refractivity contribution in [2.45, 2.75) is 6.42 Å². The molecule has 0 atom stereocenters. The number of benzene rings is 1. The summed E-state index contributed by atoms with van der Waals surface area (Å²) in [5.41, 5.74) is -0.334. The van der Waals surface area contributed by atoms with Crippen LogP contribution in [0.25, 0.3) is 0 Å². The summed E-state index contributed by atoms with van der Waals surface area (Å²) in [6.45, 7) is 0. The SMILES string of the molecule is COc1cc(CC([O])=O)c([N+](=O)[O-])cc1OC. The van der Waals surface area contributed by atoms with E-state index >= 15 is 0 Å². The number of nitro groups is 1. The van der Waals surface area contributed by atoms with Gasteiger partial charge in [0.2, 0.25) is 0 Å². The van der Waals surface area contributed by atoms with Crippen LogP contribution in [0, 0.1) is 10.1 Å². The molecule has 0 bridgehead atoms. The molecule has 0 spiro atoms. The highest BCUT2D eigenvalue weighted by Gasteiger charge is 2.21. The van der Waals surface area contributed by atoms with Crippen molar-refractivity contribution >= 4 is 11.7 Å². The summed E-state index contributed by atoms with van der Waals surface area (Å²) in [5.74, 6) is -1.00. The summed E-state index contributed by atoms with van der Waals surface area (Å²) in [5, 5.41) is 21.3. The van der Waals surface area contributed by atoms with Crippen molar-refractivity contribution in [3.05, 3.63) is 27.8 Å². The molecule has 1 aromatic rings. The minimum absolute atomic E-state index is 0.00708. The third-order valence-electron chi connectivity index (χ3n) is 2.12. The van der Waals surface area contributed by atoms with Gasteiger partial charge in [-0.05, 0) is 6.07 Å². The van der Waals surface area contributed by atoms with Gasteiger partial charge in [-0.3, -0.25) is 10.1 Å². The minimum Gasteiger partial charge on any atom is -0.493 e. The number of carbonyl (C=O) groups excluding carboxylic acids is 1. The van der Waals surface area contributed by atoms with Gasteiger partial charge in [0, 0.05) is 5.56 Å². The molecule has 0 N–H and O–H groups in total. The number of carbonyl (C=O) groups is 1. The lowest BCUT2D eigenvalue weighted by molar-refractivity contribution is -0.385. The molecule has 0 fully saturated rings. The van der Waals surface area contributed by atoms with Crippen LogP contribution in [0.5, 0.6) is 11.5 Å². The molecule has 0 aromatic heterocycles. The molecule has 0 saturated heterocycles. The van der Waals surface area contributed by atoms with Gasteiger partial charge >= 0.3 is 5.97 Å². The average Bonchev–Trinajstić information content (AvgIpc) is 2.27. The van der Waals surface area contributed by atoms with Crippen LogP contribution in [0.15, 0.2) is 12.1 Å². The number of ether oxygens (including phenoxy) is 2. The first kappa shape index (κ1) is 12.8. The molecule has 0 amide bonds. The molecule has 0 unspecified atom stereocenters. The second-order valence-corrected chi connectivity index (χ2v) is 3.14. The summed E-state index contributed by atoms with van der Waals surface area (Å²) in [6.07, 6.45) is -0.559. The summed E-state index contributed by atoms with van der Waals surface area (Å²) < 4.78 is 9.83. The fourth-order valence-corrected chi connectivity index (χ4v) is 1.38. The van der Waals surface area contributed by atoms with Gasteiger partial charge in [-0.25, -0.2) is 9.90 Å². The molecule has 0 heterocycles. The van der Waals surface area contributed by atoms with E-state index in [1.807, 2.05) is 0 Å². The quantitative estimate of drug-likeness (QED) is 0.567.